The van der Waals surface area contributed by atoms with E-state index in [2.05, 4.69) is 39.9 Å². The summed E-state index contributed by atoms with van der Waals surface area (Å²) in [6.45, 7) is 12.3. The van der Waals surface area contributed by atoms with E-state index in [4.69, 9.17) is 0 Å². The second-order valence-corrected chi connectivity index (χ2v) is 6.97. The van der Waals surface area contributed by atoms with Crippen molar-refractivity contribution >= 4 is 5.69 Å². The van der Waals surface area contributed by atoms with Gasteiger partial charge in [0.15, 0.2) is 0 Å². The molecule has 0 aromatic heterocycles. The molecule has 1 unspecified atom stereocenters. The molecular formula is C16H24N2O2. The minimum Gasteiger partial charge on any atom is -0.310 e. The maximum atomic E-state index is 10.6. The smallest absolute Gasteiger partial charge is 0.269 e. The highest BCUT2D eigenvalue weighted by Gasteiger charge is 2.63. The molecule has 0 spiro atoms. The van der Waals surface area contributed by atoms with E-state index in [1.54, 1.807) is 12.1 Å². The van der Waals surface area contributed by atoms with Gasteiger partial charge in [-0.1, -0.05) is 39.8 Å². The zero-order valence-electron chi connectivity index (χ0n) is 12.9. The summed E-state index contributed by atoms with van der Waals surface area (Å²) in [5.41, 5.74) is 2.00. The first-order valence-electron chi connectivity index (χ1n) is 7.15. The summed E-state index contributed by atoms with van der Waals surface area (Å²) >= 11 is 0. The monoisotopic (exact) mass is 276 g/mol. The number of non-ortho nitro benzene ring substituents is 1. The molecule has 4 nitrogen and oxygen atoms in total. The van der Waals surface area contributed by atoms with Crippen molar-refractivity contribution in [1.29, 1.82) is 0 Å². The van der Waals surface area contributed by atoms with Crippen LogP contribution >= 0.6 is 0 Å². The van der Waals surface area contributed by atoms with Crippen LogP contribution in [0.4, 0.5) is 5.69 Å². The molecule has 0 saturated heterocycles. The van der Waals surface area contributed by atoms with Crippen LogP contribution in [0.25, 0.3) is 0 Å². The molecule has 4 heteroatoms. The van der Waals surface area contributed by atoms with Crippen LogP contribution in [-0.4, -0.2) is 11.5 Å². The number of rotatable bonds is 5. The first-order chi connectivity index (χ1) is 9.18. The van der Waals surface area contributed by atoms with Gasteiger partial charge in [0, 0.05) is 18.2 Å². The third-order valence-electron chi connectivity index (χ3n) is 5.55. The third-order valence-corrected chi connectivity index (χ3v) is 5.55. The first-order valence-corrected chi connectivity index (χ1v) is 7.15. The van der Waals surface area contributed by atoms with Gasteiger partial charge in [0.2, 0.25) is 0 Å². The fourth-order valence-corrected chi connectivity index (χ4v) is 3.14. The van der Waals surface area contributed by atoms with Crippen molar-refractivity contribution in [2.45, 2.75) is 40.7 Å². The van der Waals surface area contributed by atoms with Gasteiger partial charge < -0.3 is 5.32 Å². The van der Waals surface area contributed by atoms with Crippen LogP contribution in [0.15, 0.2) is 24.3 Å². The van der Waals surface area contributed by atoms with Gasteiger partial charge in [-0.2, -0.15) is 0 Å². The van der Waals surface area contributed by atoms with E-state index in [0.29, 0.717) is 16.7 Å². The molecule has 1 aromatic carbocycles. The molecule has 2 rings (SSSR count). The minimum absolute atomic E-state index is 0.144. The van der Waals surface area contributed by atoms with Gasteiger partial charge in [0.05, 0.1) is 4.92 Å². The molecule has 1 N–H and O–H groups in total. The molecule has 1 saturated carbocycles. The average Bonchev–Trinajstić information content (AvgIpc) is 2.77. The van der Waals surface area contributed by atoms with E-state index in [0.717, 1.165) is 12.1 Å². The van der Waals surface area contributed by atoms with Crippen molar-refractivity contribution in [2.24, 2.45) is 16.7 Å². The Labute approximate surface area is 120 Å². The quantitative estimate of drug-likeness (QED) is 0.655. The summed E-state index contributed by atoms with van der Waals surface area (Å²) in [5, 5.41) is 14.2. The predicted octanol–water partition coefficient (Wildman–Crippen LogP) is 3.93. The van der Waals surface area contributed by atoms with Gasteiger partial charge >= 0.3 is 0 Å². The van der Waals surface area contributed by atoms with Crippen LogP contribution in [0.5, 0.6) is 0 Å². The molecular weight excluding hydrogens is 252 g/mol. The van der Waals surface area contributed by atoms with E-state index >= 15 is 0 Å². The van der Waals surface area contributed by atoms with Gasteiger partial charge in [0.25, 0.3) is 5.69 Å². The highest BCUT2D eigenvalue weighted by atomic mass is 16.6. The minimum atomic E-state index is -0.364. The molecule has 1 aliphatic carbocycles. The largest absolute Gasteiger partial charge is 0.310 e. The maximum absolute atomic E-state index is 10.6. The lowest BCUT2D eigenvalue weighted by Crippen LogP contribution is -2.23. The van der Waals surface area contributed by atoms with Crippen LogP contribution in [0, 0.1) is 26.9 Å². The number of hydrogen-bond acceptors (Lipinski definition) is 3. The SMILES string of the molecule is CC(NCC1C(C)(C)C1(C)C)c1ccc([N+](=O)[O-])cc1. The standard InChI is InChI=1S/C16H24N2O2/c1-11(12-6-8-13(9-7-12)18(19)20)17-10-14-15(2,3)16(14,4)5/h6-9,11,14,17H,10H2,1-5H3. The van der Waals surface area contributed by atoms with Crippen LogP contribution < -0.4 is 5.32 Å². The van der Waals surface area contributed by atoms with Crippen molar-refractivity contribution in [3.8, 4) is 0 Å². The summed E-state index contributed by atoms with van der Waals surface area (Å²) < 4.78 is 0. The number of hydrogen-bond donors (Lipinski definition) is 1. The Balaban J connectivity index is 1.93. The van der Waals surface area contributed by atoms with E-state index < -0.39 is 0 Å². The van der Waals surface area contributed by atoms with Gasteiger partial charge in [-0.15, -0.1) is 0 Å². The molecule has 0 aliphatic heterocycles. The highest BCUT2D eigenvalue weighted by Crippen LogP contribution is 2.68. The van der Waals surface area contributed by atoms with Crippen molar-refractivity contribution in [2.75, 3.05) is 6.54 Å². The third kappa shape index (κ3) is 2.44. The molecule has 0 heterocycles. The lowest BCUT2D eigenvalue weighted by Gasteiger charge is -2.15. The average molecular weight is 276 g/mol. The zero-order chi connectivity index (χ0) is 15.1. The molecule has 1 aromatic rings. The van der Waals surface area contributed by atoms with Crippen LogP contribution in [0.2, 0.25) is 0 Å². The molecule has 1 fully saturated rings. The highest BCUT2D eigenvalue weighted by molar-refractivity contribution is 5.34. The number of nitro groups is 1. The maximum Gasteiger partial charge on any atom is 0.269 e. The van der Waals surface area contributed by atoms with Crippen LogP contribution in [0.3, 0.4) is 0 Å². The van der Waals surface area contributed by atoms with Crippen LogP contribution in [0.1, 0.15) is 46.2 Å². The van der Waals surface area contributed by atoms with E-state index in [1.807, 2.05) is 12.1 Å². The summed E-state index contributed by atoms with van der Waals surface area (Å²) in [6.07, 6.45) is 0. The fourth-order valence-electron chi connectivity index (χ4n) is 3.14. The Morgan fingerprint density at radius 2 is 1.70 bits per heavy atom. The van der Waals surface area contributed by atoms with E-state index in [1.165, 1.54) is 0 Å². The molecule has 1 atom stereocenters. The molecule has 110 valence electrons. The number of benzene rings is 1. The summed E-state index contributed by atoms with van der Waals surface area (Å²) in [5.74, 6) is 0.676. The van der Waals surface area contributed by atoms with Gasteiger partial charge in [-0.3, -0.25) is 10.1 Å². The second-order valence-electron chi connectivity index (χ2n) is 6.97. The normalized spacial score (nSPS) is 21.4. The Kier molecular flexibility index (Phi) is 3.63. The molecule has 1 aliphatic rings. The van der Waals surface area contributed by atoms with Crippen molar-refractivity contribution in [3.05, 3.63) is 39.9 Å². The Morgan fingerprint density at radius 1 is 1.20 bits per heavy atom. The Morgan fingerprint density at radius 3 is 2.10 bits per heavy atom. The zero-order valence-corrected chi connectivity index (χ0v) is 12.9. The van der Waals surface area contributed by atoms with Crippen molar-refractivity contribution in [1.82, 2.24) is 5.32 Å². The van der Waals surface area contributed by atoms with Crippen molar-refractivity contribution in [3.63, 3.8) is 0 Å². The topological polar surface area (TPSA) is 55.2 Å². The molecule has 20 heavy (non-hydrogen) atoms. The van der Waals surface area contributed by atoms with Crippen molar-refractivity contribution < 1.29 is 4.92 Å². The fraction of sp³-hybridized carbons (Fsp3) is 0.625. The van der Waals surface area contributed by atoms with Gasteiger partial charge in [0.1, 0.15) is 0 Å². The number of nitro benzene ring substituents is 1. The number of nitrogens with one attached hydrogen (secondary N) is 1. The van der Waals surface area contributed by atoms with E-state index in [9.17, 15) is 10.1 Å². The molecule has 0 amide bonds. The van der Waals surface area contributed by atoms with E-state index in [-0.39, 0.29) is 16.7 Å². The molecule has 0 bridgehead atoms. The molecule has 0 radical (unpaired) electrons. The predicted molar refractivity (Wildman–Crippen MR) is 80.6 cm³/mol. The van der Waals surface area contributed by atoms with Crippen LogP contribution in [-0.2, 0) is 0 Å². The first kappa shape index (κ1) is 15.0. The lowest BCUT2D eigenvalue weighted by atomic mass is 10.0. The Bertz CT molecular complexity index is 492. The van der Waals surface area contributed by atoms with Gasteiger partial charge in [-0.25, -0.2) is 0 Å². The number of nitrogens with zero attached hydrogens (tertiary/aromatic N) is 1. The summed E-state index contributed by atoms with van der Waals surface area (Å²) in [7, 11) is 0. The summed E-state index contributed by atoms with van der Waals surface area (Å²) in [4.78, 5) is 10.3. The Hall–Kier alpha value is -1.42. The summed E-state index contributed by atoms with van der Waals surface area (Å²) in [6, 6.07) is 7.01. The van der Waals surface area contributed by atoms with Gasteiger partial charge in [-0.05, 0) is 35.8 Å². The second kappa shape index (κ2) is 4.85. The lowest BCUT2D eigenvalue weighted by molar-refractivity contribution is -0.384.